The fraction of sp³-hybridized carbons (Fsp3) is 0.105. The highest BCUT2D eigenvalue weighted by atomic mass is 32.2. The van der Waals surface area contributed by atoms with Crippen LogP contribution in [0.25, 0.3) is 16.9 Å². The van der Waals surface area contributed by atoms with Crippen LogP contribution in [-0.4, -0.2) is 26.7 Å². The zero-order valence-corrected chi connectivity index (χ0v) is 14.8. The van der Waals surface area contributed by atoms with Crippen molar-refractivity contribution in [2.24, 2.45) is 0 Å². The molecule has 0 bridgehead atoms. The first kappa shape index (κ1) is 16.2. The van der Waals surface area contributed by atoms with Gasteiger partial charge in [0.15, 0.2) is 5.82 Å². The molecule has 0 atom stereocenters. The molecule has 3 heterocycles. The number of aromatic nitrogens is 4. The van der Waals surface area contributed by atoms with Gasteiger partial charge in [-0.3, -0.25) is 5.10 Å². The van der Waals surface area contributed by atoms with Crippen molar-refractivity contribution in [2.75, 3.05) is 7.11 Å². The van der Waals surface area contributed by atoms with E-state index in [1.165, 1.54) is 11.8 Å². The zero-order chi connectivity index (χ0) is 17.9. The summed E-state index contributed by atoms with van der Waals surface area (Å²) in [6.07, 6.45) is 3.93. The minimum atomic E-state index is 0.629. The summed E-state index contributed by atoms with van der Waals surface area (Å²) >= 11 is 1.50. The van der Waals surface area contributed by atoms with Gasteiger partial charge in [0.25, 0.3) is 0 Å². The van der Waals surface area contributed by atoms with E-state index in [0.717, 1.165) is 22.4 Å². The summed E-state index contributed by atoms with van der Waals surface area (Å²) in [6.45, 7) is 0. The first-order valence-corrected chi connectivity index (χ1v) is 8.95. The summed E-state index contributed by atoms with van der Waals surface area (Å²) in [5.74, 6) is 2.13. The minimum absolute atomic E-state index is 0.629. The molecule has 1 aromatic carbocycles. The molecule has 0 saturated carbocycles. The summed E-state index contributed by atoms with van der Waals surface area (Å²) in [5, 5.41) is 17.3. The predicted molar refractivity (Wildman–Crippen MR) is 100 cm³/mol. The van der Waals surface area contributed by atoms with Gasteiger partial charge in [-0.2, -0.15) is 5.26 Å². The van der Waals surface area contributed by atoms with E-state index < -0.39 is 0 Å². The molecular weight excluding hydrogens is 346 g/mol. The van der Waals surface area contributed by atoms with E-state index in [2.05, 4.69) is 21.3 Å². The lowest BCUT2D eigenvalue weighted by atomic mass is 10.2. The van der Waals surface area contributed by atoms with Crippen molar-refractivity contribution >= 4 is 17.3 Å². The van der Waals surface area contributed by atoms with Crippen molar-refractivity contribution in [3.8, 4) is 23.2 Å². The molecule has 0 aliphatic rings. The van der Waals surface area contributed by atoms with Gasteiger partial charge in [0.05, 0.1) is 18.2 Å². The average Bonchev–Trinajstić information content (AvgIpc) is 3.30. The van der Waals surface area contributed by atoms with Crippen LogP contribution in [0.1, 0.15) is 11.1 Å². The summed E-state index contributed by atoms with van der Waals surface area (Å²) < 4.78 is 7.13. The number of fused-ring (bicyclic) bond motifs is 1. The Balaban J connectivity index is 1.52. The van der Waals surface area contributed by atoms with Crippen LogP contribution in [0.2, 0.25) is 0 Å². The Hall–Kier alpha value is -3.24. The Labute approximate surface area is 154 Å². The fourth-order valence-corrected chi connectivity index (χ4v) is 3.52. The maximum Gasteiger partial charge on any atom is 0.209 e. The van der Waals surface area contributed by atoms with Crippen molar-refractivity contribution in [3.63, 3.8) is 0 Å². The summed E-state index contributed by atoms with van der Waals surface area (Å²) in [4.78, 5) is 4.53. The molecule has 0 saturated heterocycles. The van der Waals surface area contributed by atoms with Gasteiger partial charge in [-0.05, 0) is 42.0 Å². The van der Waals surface area contributed by atoms with E-state index in [-0.39, 0.29) is 0 Å². The van der Waals surface area contributed by atoms with Gasteiger partial charge in [0.1, 0.15) is 11.8 Å². The van der Waals surface area contributed by atoms with Crippen LogP contribution in [0.5, 0.6) is 5.75 Å². The van der Waals surface area contributed by atoms with Gasteiger partial charge in [0.2, 0.25) is 5.16 Å². The summed E-state index contributed by atoms with van der Waals surface area (Å²) in [5.41, 5.74) is 3.53. The number of nitriles is 1. The van der Waals surface area contributed by atoms with Crippen LogP contribution in [0, 0.1) is 11.3 Å². The number of benzene rings is 1. The van der Waals surface area contributed by atoms with Crippen molar-refractivity contribution in [2.45, 2.75) is 10.9 Å². The maximum atomic E-state index is 9.48. The van der Waals surface area contributed by atoms with Crippen LogP contribution in [-0.2, 0) is 5.75 Å². The van der Waals surface area contributed by atoms with E-state index in [1.54, 1.807) is 7.11 Å². The van der Waals surface area contributed by atoms with Gasteiger partial charge >= 0.3 is 0 Å². The SMILES string of the molecule is COc1ccc(-c2nc(SCc3cn4ccccc4c3C#N)n[nH]2)cc1. The van der Waals surface area contributed by atoms with Crippen LogP contribution in [0.3, 0.4) is 0 Å². The number of pyridine rings is 1. The van der Waals surface area contributed by atoms with Crippen LogP contribution >= 0.6 is 11.8 Å². The Morgan fingerprint density at radius 3 is 2.85 bits per heavy atom. The van der Waals surface area contributed by atoms with Crippen molar-refractivity contribution in [1.82, 2.24) is 19.6 Å². The topological polar surface area (TPSA) is 79.0 Å². The lowest BCUT2D eigenvalue weighted by Crippen LogP contribution is -1.84. The number of aromatic amines is 1. The Bertz CT molecular complexity index is 1090. The number of ether oxygens (including phenoxy) is 1. The highest BCUT2D eigenvalue weighted by Gasteiger charge is 2.12. The molecule has 1 N–H and O–H groups in total. The number of methoxy groups -OCH3 is 1. The monoisotopic (exact) mass is 361 g/mol. The highest BCUT2D eigenvalue weighted by molar-refractivity contribution is 7.98. The second-order valence-corrected chi connectivity index (χ2v) is 6.56. The lowest BCUT2D eigenvalue weighted by molar-refractivity contribution is 0.415. The van der Waals surface area contributed by atoms with Crippen molar-refractivity contribution in [3.05, 3.63) is 66.0 Å². The first-order chi connectivity index (χ1) is 12.8. The van der Waals surface area contributed by atoms with Gasteiger partial charge in [-0.15, -0.1) is 5.10 Å². The molecule has 0 amide bonds. The third-order valence-corrected chi connectivity index (χ3v) is 4.96. The molecule has 0 spiro atoms. The summed E-state index contributed by atoms with van der Waals surface area (Å²) in [6, 6.07) is 15.8. The fourth-order valence-electron chi connectivity index (χ4n) is 2.75. The van der Waals surface area contributed by atoms with E-state index in [9.17, 15) is 5.26 Å². The number of nitrogens with one attached hydrogen (secondary N) is 1. The number of hydrogen-bond acceptors (Lipinski definition) is 5. The maximum absolute atomic E-state index is 9.48. The molecule has 0 fully saturated rings. The molecule has 0 aliphatic carbocycles. The second-order valence-electron chi connectivity index (χ2n) is 5.62. The van der Waals surface area contributed by atoms with E-state index >= 15 is 0 Å². The molecule has 0 unspecified atom stereocenters. The molecule has 4 aromatic rings. The Morgan fingerprint density at radius 1 is 1.23 bits per heavy atom. The molecular formula is C19H15N5OS. The molecule has 26 heavy (non-hydrogen) atoms. The van der Waals surface area contributed by atoms with Gasteiger partial charge in [-0.1, -0.05) is 17.8 Å². The number of rotatable bonds is 5. The summed E-state index contributed by atoms with van der Waals surface area (Å²) in [7, 11) is 1.64. The second kappa shape index (κ2) is 6.94. The number of thioether (sulfide) groups is 1. The Kier molecular flexibility index (Phi) is 4.33. The number of H-pyrrole nitrogens is 1. The van der Waals surface area contributed by atoms with Crippen molar-refractivity contribution < 1.29 is 4.74 Å². The smallest absolute Gasteiger partial charge is 0.209 e. The zero-order valence-electron chi connectivity index (χ0n) is 14.0. The standard InChI is InChI=1S/C19H15N5OS/c1-25-15-7-5-13(6-8-15)18-21-19(23-22-18)26-12-14-11-24-9-3-2-4-17(24)16(14)10-20/h2-9,11H,12H2,1H3,(H,21,22,23). The van der Waals surface area contributed by atoms with Crippen LogP contribution in [0.15, 0.2) is 60.0 Å². The molecule has 7 heteroatoms. The van der Waals surface area contributed by atoms with E-state index in [4.69, 9.17) is 4.74 Å². The third kappa shape index (κ3) is 3.03. The first-order valence-electron chi connectivity index (χ1n) is 7.97. The molecule has 128 valence electrons. The normalized spacial score (nSPS) is 10.8. The van der Waals surface area contributed by atoms with Gasteiger partial charge in [-0.25, -0.2) is 4.98 Å². The molecule has 3 aromatic heterocycles. The Morgan fingerprint density at radius 2 is 2.08 bits per heavy atom. The van der Waals surface area contributed by atoms with E-state index in [1.807, 2.05) is 59.3 Å². The minimum Gasteiger partial charge on any atom is -0.497 e. The highest BCUT2D eigenvalue weighted by Crippen LogP contribution is 2.27. The van der Waals surface area contributed by atoms with Gasteiger partial charge < -0.3 is 9.14 Å². The van der Waals surface area contributed by atoms with Gasteiger partial charge in [0, 0.05) is 23.7 Å². The molecule has 0 aliphatic heterocycles. The predicted octanol–water partition coefficient (Wildman–Crippen LogP) is 3.90. The molecule has 0 radical (unpaired) electrons. The lowest BCUT2D eigenvalue weighted by Gasteiger charge is -1.99. The number of hydrogen-bond donors (Lipinski definition) is 1. The quantitative estimate of drug-likeness (QED) is 0.546. The largest absolute Gasteiger partial charge is 0.497 e. The van der Waals surface area contributed by atoms with E-state index in [0.29, 0.717) is 22.3 Å². The van der Waals surface area contributed by atoms with Crippen LogP contribution < -0.4 is 4.74 Å². The van der Waals surface area contributed by atoms with Crippen molar-refractivity contribution in [1.29, 1.82) is 5.26 Å². The van der Waals surface area contributed by atoms with Crippen LogP contribution in [0.4, 0.5) is 0 Å². The molecule has 6 nitrogen and oxygen atoms in total. The third-order valence-electron chi connectivity index (χ3n) is 4.06. The average molecular weight is 361 g/mol. The number of nitrogens with zero attached hydrogens (tertiary/aromatic N) is 4. The molecule has 4 rings (SSSR count).